The van der Waals surface area contributed by atoms with Crippen LogP contribution in [-0.2, 0) is 0 Å². The van der Waals surface area contributed by atoms with E-state index in [1.54, 1.807) is 30.5 Å². The van der Waals surface area contributed by atoms with Gasteiger partial charge in [-0.1, -0.05) is 12.1 Å². The highest BCUT2D eigenvalue weighted by Gasteiger charge is 2.19. The van der Waals surface area contributed by atoms with Crippen LogP contribution in [0.3, 0.4) is 0 Å². The Morgan fingerprint density at radius 3 is 2.60 bits per heavy atom. The van der Waals surface area contributed by atoms with Crippen LogP contribution in [-0.4, -0.2) is 35.3 Å². The van der Waals surface area contributed by atoms with Crippen LogP contribution in [0, 0.1) is 17.1 Å². The SMILES string of the molecule is N=C(c1cc(-c2cncc(N3CCC(CN)CC3)c2)ncc1N)c1ccccc1F. The zero-order chi connectivity index (χ0) is 21.1. The molecular weight excluding hydrogens is 379 g/mol. The molecule has 1 aliphatic rings. The Labute approximate surface area is 175 Å². The van der Waals surface area contributed by atoms with Crippen LogP contribution in [0.25, 0.3) is 11.3 Å². The monoisotopic (exact) mass is 404 g/mol. The van der Waals surface area contributed by atoms with E-state index in [1.807, 2.05) is 12.3 Å². The highest BCUT2D eigenvalue weighted by molar-refractivity contribution is 6.14. The molecule has 0 bridgehead atoms. The Morgan fingerprint density at radius 1 is 1.10 bits per heavy atom. The number of anilines is 2. The topological polar surface area (TPSA) is 105 Å². The van der Waals surface area contributed by atoms with Crippen molar-refractivity contribution in [2.24, 2.45) is 11.7 Å². The molecule has 1 aromatic carbocycles. The third-order valence-electron chi connectivity index (χ3n) is 5.68. The van der Waals surface area contributed by atoms with Crippen LogP contribution < -0.4 is 16.4 Å². The smallest absolute Gasteiger partial charge is 0.132 e. The van der Waals surface area contributed by atoms with E-state index < -0.39 is 5.82 Å². The van der Waals surface area contributed by atoms with Gasteiger partial charge in [0.1, 0.15) is 5.82 Å². The summed E-state index contributed by atoms with van der Waals surface area (Å²) in [4.78, 5) is 11.1. The fourth-order valence-corrected chi connectivity index (χ4v) is 3.82. The van der Waals surface area contributed by atoms with Crippen molar-refractivity contribution in [1.82, 2.24) is 9.97 Å². The number of rotatable bonds is 5. The van der Waals surface area contributed by atoms with Crippen LogP contribution >= 0.6 is 0 Å². The standard InChI is InChI=1S/C23H25FN6/c24-20-4-2-1-3-18(20)23(27)19-10-22(29-14-21(19)26)16-9-17(13-28-12-16)30-7-5-15(11-25)6-8-30/h1-4,9-10,12-15,27H,5-8,11,25-26H2. The predicted octanol–water partition coefficient (Wildman–Crippen LogP) is 3.46. The van der Waals surface area contributed by atoms with E-state index in [4.69, 9.17) is 16.9 Å². The molecule has 30 heavy (non-hydrogen) atoms. The molecule has 154 valence electrons. The van der Waals surface area contributed by atoms with Gasteiger partial charge in [0.05, 0.1) is 35.2 Å². The van der Waals surface area contributed by atoms with E-state index in [0.29, 0.717) is 22.9 Å². The first-order chi connectivity index (χ1) is 14.6. The van der Waals surface area contributed by atoms with Gasteiger partial charge in [-0.15, -0.1) is 0 Å². The predicted molar refractivity (Wildman–Crippen MR) is 118 cm³/mol. The molecule has 6 nitrogen and oxygen atoms in total. The molecule has 5 N–H and O–H groups in total. The van der Waals surface area contributed by atoms with Gasteiger partial charge in [-0.3, -0.25) is 15.4 Å². The molecule has 0 amide bonds. The van der Waals surface area contributed by atoms with Gasteiger partial charge in [-0.2, -0.15) is 0 Å². The molecule has 0 saturated carbocycles. The minimum Gasteiger partial charge on any atom is -0.397 e. The van der Waals surface area contributed by atoms with Crippen molar-refractivity contribution < 1.29 is 4.39 Å². The summed E-state index contributed by atoms with van der Waals surface area (Å²) in [5.74, 6) is 0.132. The molecule has 1 saturated heterocycles. The third-order valence-corrected chi connectivity index (χ3v) is 5.68. The number of nitrogens with one attached hydrogen (secondary N) is 1. The zero-order valence-corrected chi connectivity index (χ0v) is 16.7. The number of nitrogens with zero attached hydrogens (tertiary/aromatic N) is 3. The Bertz CT molecular complexity index is 1060. The van der Waals surface area contributed by atoms with E-state index in [9.17, 15) is 4.39 Å². The molecule has 2 aromatic heterocycles. The average Bonchev–Trinajstić information content (AvgIpc) is 2.79. The van der Waals surface area contributed by atoms with Gasteiger partial charge in [0.2, 0.25) is 0 Å². The Hall–Kier alpha value is -3.32. The number of halogens is 1. The normalized spacial score (nSPS) is 14.7. The Balaban J connectivity index is 1.63. The summed E-state index contributed by atoms with van der Waals surface area (Å²) >= 11 is 0. The maximum Gasteiger partial charge on any atom is 0.132 e. The lowest BCUT2D eigenvalue weighted by Crippen LogP contribution is -2.36. The zero-order valence-electron chi connectivity index (χ0n) is 16.7. The van der Waals surface area contributed by atoms with Crippen LogP contribution in [0.15, 0.2) is 55.0 Å². The van der Waals surface area contributed by atoms with Gasteiger partial charge in [0.15, 0.2) is 0 Å². The van der Waals surface area contributed by atoms with Gasteiger partial charge < -0.3 is 16.4 Å². The van der Waals surface area contributed by atoms with Gasteiger partial charge in [0.25, 0.3) is 0 Å². The second-order valence-corrected chi connectivity index (χ2v) is 7.61. The van der Waals surface area contributed by atoms with Crippen molar-refractivity contribution in [3.05, 3.63) is 71.9 Å². The van der Waals surface area contributed by atoms with Crippen LogP contribution in [0.1, 0.15) is 24.0 Å². The summed E-state index contributed by atoms with van der Waals surface area (Å²) < 4.78 is 14.2. The molecule has 7 heteroatoms. The Kier molecular flexibility index (Phi) is 5.72. The average molecular weight is 404 g/mol. The Morgan fingerprint density at radius 2 is 1.87 bits per heavy atom. The molecule has 0 atom stereocenters. The number of benzene rings is 1. The summed E-state index contributed by atoms with van der Waals surface area (Å²) in [5.41, 5.74) is 15.4. The van der Waals surface area contributed by atoms with Gasteiger partial charge in [0, 0.05) is 36.0 Å². The van der Waals surface area contributed by atoms with Crippen molar-refractivity contribution in [3.8, 4) is 11.3 Å². The summed E-state index contributed by atoms with van der Waals surface area (Å²) in [5, 5.41) is 8.47. The minimum absolute atomic E-state index is 0.0298. The van der Waals surface area contributed by atoms with Gasteiger partial charge in [-0.25, -0.2) is 4.39 Å². The van der Waals surface area contributed by atoms with Gasteiger partial charge >= 0.3 is 0 Å². The second kappa shape index (κ2) is 8.59. The lowest BCUT2D eigenvalue weighted by Gasteiger charge is -2.33. The number of hydrogen-bond acceptors (Lipinski definition) is 6. The lowest BCUT2D eigenvalue weighted by atomic mass is 9.96. The number of piperidine rings is 1. The first kappa shape index (κ1) is 20.0. The molecule has 1 aliphatic heterocycles. The first-order valence-electron chi connectivity index (χ1n) is 10.1. The molecule has 1 fully saturated rings. The molecule has 0 spiro atoms. The van der Waals surface area contributed by atoms with Crippen molar-refractivity contribution in [1.29, 1.82) is 5.41 Å². The van der Waals surface area contributed by atoms with Crippen LogP contribution in [0.5, 0.6) is 0 Å². The van der Waals surface area contributed by atoms with E-state index in [2.05, 4.69) is 14.9 Å². The van der Waals surface area contributed by atoms with E-state index >= 15 is 0 Å². The molecule has 3 heterocycles. The molecule has 0 unspecified atom stereocenters. The number of nitrogen functional groups attached to an aromatic ring is 1. The van der Waals surface area contributed by atoms with Crippen LogP contribution in [0.4, 0.5) is 15.8 Å². The molecular formula is C23H25FN6. The molecule has 3 aromatic rings. The number of hydrogen-bond donors (Lipinski definition) is 3. The van der Waals surface area contributed by atoms with Crippen molar-refractivity contribution in [2.45, 2.75) is 12.8 Å². The lowest BCUT2D eigenvalue weighted by molar-refractivity contribution is 0.414. The van der Waals surface area contributed by atoms with E-state index in [1.165, 1.54) is 12.3 Å². The molecule has 4 rings (SSSR count). The quantitative estimate of drug-likeness (QED) is 0.565. The van der Waals surface area contributed by atoms with Crippen LogP contribution in [0.2, 0.25) is 0 Å². The van der Waals surface area contributed by atoms with Crippen molar-refractivity contribution in [3.63, 3.8) is 0 Å². The summed E-state index contributed by atoms with van der Waals surface area (Å²) in [7, 11) is 0. The third kappa shape index (κ3) is 4.02. The maximum atomic E-state index is 14.2. The number of pyridine rings is 2. The highest BCUT2D eigenvalue weighted by atomic mass is 19.1. The largest absolute Gasteiger partial charge is 0.397 e. The summed E-state index contributed by atoms with van der Waals surface area (Å²) in [6, 6.07) is 9.98. The fraction of sp³-hybridized carbons (Fsp3) is 0.261. The highest BCUT2D eigenvalue weighted by Crippen LogP contribution is 2.28. The summed E-state index contributed by atoms with van der Waals surface area (Å²) in [6.45, 7) is 2.63. The van der Waals surface area contributed by atoms with Gasteiger partial charge in [-0.05, 0) is 49.6 Å². The van der Waals surface area contributed by atoms with E-state index in [-0.39, 0.29) is 11.3 Å². The van der Waals surface area contributed by atoms with E-state index in [0.717, 1.165) is 43.7 Å². The first-order valence-corrected chi connectivity index (χ1v) is 10.1. The maximum absolute atomic E-state index is 14.2. The molecule has 0 radical (unpaired) electrons. The number of aromatic nitrogens is 2. The summed E-state index contributed by atoms with van der Waals surface area (Å²) in [6.07, 6.45) is 7.26. The molecule has 0 aliphatic carbocycles. The van der Waals surface area contributed by atoms with Crippen molar-refractivity contribution in [2.75, 3.05) is 30.3 Å². The van der Waals surface area contributed by atoms with Crippen molar-refractivity contribution >= 4 is 17.1 Å². The fourth-order valence-electron chi connectivity index (χ4n) is 3.82. The minimum atomic E-state index is -0.454. The second-order valence-electron chi connectivity index (χ2n) is 7.61. The number of nitrogens with two attached hydrogens (primary N) is 2.